The van der Waals surface area contributed by atoms with Crippen LogP contribution >= 0.6 is 39.1 Å². The molecule has 1 aromatic carbocycles. The van der Waals surface area contributed by atoms with Crippen molar-refractivity contribution in [3.05, 3.63) is 33.8 Å². The van der Waals surface area contributed by atoms with Crippen molar-refractivity contribution in [3.8, 4) is 0 Å². The zero-order chi connectivity index (χ0) is 12.4. The van der Waals surface area contributed by atoms with E-state index in [-0.39, 0.29) is 0 Å². The van der Waals surface area contributed by atoms with Gasteiger partial charge in [-0.15, -0.1) is 0 Å². The van der Waals surface area contributed by atoms with Gasteiger partial charge in [-0.2, -0.15) is 0 Å². The first-order valence-corrected chi connectivity index (χ1v) is 7.54. The highest BCUT2D eigenvalue weighted by molar-refractivity contribution is 9.09. The third-order valence-corrected chi connectivity index (χ3v) is 5.43. The molecule has 0 aliphatic carbocycles. The molecule has 0 bridgehead atoms. The summed E-state index contributed by atoms with van der Waals surface area (Å²) in [4.78, 5) is 3.01. The Hall–Kier alpha value is 0.240. The standard InChI is InChI=1S/C13H16BrCl2N/c1-9-5-6-17(8-11(9)14)7-10-3-2-4-12(15)13(10)16/h2-4,9,11H,5-8H2,1H3. The fourth-order valence-corrected chi connectivity index (χ4v) is 3.19. The summed E-state index contributed by atoms with van der Waals surface area (Å²) in [5.74, 6) is 0.751. The second-order valence-electron chi connectivity index (χ2n) is 4.73. The van der Waals surface area contributed by atoms with Gasteiger partial charge in [0.15, 0.2) is 0 Å². The average Bonchev–Trinajstić information content (AvgIpc) is 2.30. The largest absolute Gasteiger partial charge is 0.298 e. The molecule has 1 aliphatic heterocycles. The van der Waals surface area contributed by atoms with Crippen molar-refractivity contribution in [1.29, 1.82) is 0 Å². The summed E-state index contributed by atoms with van der Waals surface area (Å²) in [6, 6.07) is 5.84. The van der Waals surface area contributed by atoms with Gasteiger partial charge in [-0.3, -0.25) is 4.90 Å². The Morgan fingerprint density at radius 3 is 2.88 bits per heavy atom. The van der Waals surface area contributed by atoms with E-state index in [1.807, 2.05) is 12.1 Å². The molecule has 2 atom stereocenters. The molecule has 0 N–H and O–H groups in total. The summed E-state index contributed by atoms with van der Waals surface area (Å²) in [6.07, 6.45) is 1.23. The van der Waals surface area contributed by atoms with Gasteiger partial charge in [0.2, 0.25) is 0 Å². The quantitative estimate of drug-likeness (QED) is 0.713. The normalized spacial score (nSPS) is 26.1. The topological polar surface area (TPSA) is 3.24 Å². The Labute approximate surface area is 121 Å². The van der Waals surface area contributed by atoms with Crippen LogP contribution in [0, 0.1) is 5.92 Å². The minimum atomic E-state index is 0.578. The molecule has 1 heterocycles. The number of piperidine rings is 1. The molecular formula is C13H16BrCl2N. The summed E-state index contributed by atoms with van der Waals surface area (Å²) in [6.45, 7) is 5.38. The van der Waals surface area contributed by atoms with Crippen molar-refractivity contribution in [2.24, 2.45) is 5.92 Å². The van der Waals surface area contributed by atoms with E-state index in [1.165, 1.54) is 6.42 Å². The first-order chi connectivity index (χ1) is 8.08. The first-order valence-electron chi connectivity index (χ1n) is 5.87. The fraction of sp³-hybridized carbons (Fsp3) is 0.538. The highest BCUT2D eigenvalue weighted by Gasteiger charge is 2.24. The molecule has 0 spiro atoms. The molecule has 1 aliphatic rings. The average molecular weight is 337 g/mol. The summed E-state index contributed by atoms with van der Waals surface area (Å²) in [7, 11) is 0. The van der Waals surface area contributed by atoms with Crippen LogP contribution in [0.3, 0.4) is 0 Å². The smallest absolute Gasteiger partial charge is 0.0637 e. The van der Waals surface area contributed by atoms with E-state index in [4.69, 9.17) is 23.2 Å². The maximum atomic E-state index is 6.21. The van der Waals surface area contributed by atoms with Crippen molar-refractivity contribution in [3.63, 3.8) is 0 Å². The van der Waals surface area contributed by atoms with Gasteiger partial charge in [0.1, 0.15) is 0 Å². The first kappa shape index (κ1) is 13.7. The SMILES string of the molecule is CC1CCN(Cc2cccc(Cl)c2Cl)CC1Br. The predicted molar refractivity (Wildman–Crippen MR) is 78.2 cm³/mol. The van der Waals surface area contributed by atoms with E-state index < -0.39 is 0 Å². The number of alkyl halides is 1. The fourth-order valence-electron chi connectivity index (χ4n) is 2.14. The maximum Gasteiger partial charge on any atom is 0.0637 e. The molecule has 0 aromatic heterocycles. The van der Waals surface area contributed by atoms with Crippen LogP contribution in [-0.4, -0.2) is 22.8 Å². The molecular weight excluding hydrogens is 321 g/mol. The Morgan fingerprint density at radius 1 is 1.41 bits per heavy atom. The molecule has 4 heteroatoms. The lowest BCUT2D eigenvalue weighted by Crippen LogP contribution is -2.39. The summed E-state index contributed by atoms with van der Waals surface area (Å²) in [5.41, 5.74) is 1.12. The van der Waals surface area contributed by atoms with Crippen molar-refractivity contribution in [2.75, 3.05) is 13.1 Å². The van der Waals surface area contributed by atoms with E-state index >= 15 is 0 Å². The van der Waals surface area contributed by atoms with Gasteiger partial charge in [0, 0.05) is 17.9 Å². The molecule has 1 fully saturated rings. The molecule has 17 heavy (non-hydrogen) atoms. The highest BCUT2D eigenvalue weighted by atomic mass is 79.9. The van der Waals surface area contributed by atoms with Crippen LogP contribution in [0.4, 0.5) is 0 Å². The second kappa shape index (κ2) is 5.92. The monoisotopic (exact) mass is 335 g/mol. The Kier molecular flexibility index (Phi) is 4.76. The molecule has 2 unspecified atom stereocenters. The number of halogens is 3. The van der Waals surface area contributed by atoms with E-state index in [2.05, 4.69) is 33.8 Å². The number of hydrogen-bond acceptors (Lipinski definition) is 1. The molecule has 0 saturated carbocycles. The van der Waals surface area contributed by atoms with Crippen molar-refractivity contribution >= 4 is 39.1 Å². The van der Waals surface area contributed by atoms with Crippen molar-refractivity contribution in [1.82, 2.24) is 4.90 Å². The van der Waals surface area contributed by atoms with Crippen molar-refractivity contribution < 1.29 is 0 Å². The third kappa shape index (κ3) is 3.37. The number of rotatable bonds is 2. The van der Waals surface area contributed by atoms with Crippen LogP contribution < -0.4 is 0 Å². The van der Waals surface area contributed by atoms with Gasteiger partial charge in [-0.25, -0.2) is 0 Å². The number of benzene rings is 1. The third-order valence-electron chi connectivity index (χ3n) is 3.38. The van der Waals surface area contributed by atoms with Crippen LogP contribution in [0.1, 0.15) is 18.9 Å². The van der Waals surface area contributed by atoms with Gasteiger partial charge in [0.25, 0.3) is 0 Å². The lowest BCUT2D eigenvalue weighted by molar-refractivity contribution is 0.194. The van der Waals surface area contributed by atoms with Gasteiger partial charge < -0.3 is 0 Å². The van der Waals surface area contributed by atoms with Crippen LogP contribution in [0.2, 0.25) is 10.0 Å². The highest BCUT2D eigenvalue weighted by Crippen LogP contribution is 2.29. The summed E-state index contributed by atoms with van der Waals surface area (Å²) < 4.78 is 0. The summed E-state index contributed by atoms with van der Waals surface area (Å²) >= 11 is 16.0. The van der Waals surface area contributed by atoms with Gasteiger partial charge >= 0.3 is 0 Å². The van der Waals surface area contributed by atoms with E-state index in [9.17, 15) is 0 Å². The zero-order valence-corrected chi connectivity index (χ0v) is 12.9. The molecule has 94 valence electrons. The Balaban J connectivity index is 2.04. The zero-order valence-electron chi connectivity index (χ0n) is 9.80. The number of nitrogens with zero attached hydrogens (tertiary/aromatic N) is 1. The van der Waals surface area contributed by atoms with Gasteiger partial charge in [-0.1, -0.05) is 58.2 Å². The molecule has 0 radical (unpaired) electrons. The minimum Gasteiger partial charge on any atom is -0.298 e. The van der Waals surface area contributed by atoms with Crippen molar-refractivity contribution in [2.45, 2.75) is 24.7 Å². The number of hydrogen-bond donors (Lipinski definition) is 0. The molecule has 2 rings (SSSR count). The second-order valence-corrected chi connectivity index (χ2v) is 6.69. The lowest BCUT2D eigenvalue weighted by Gasteiger charge is -2.34. The van der Waals surface area contributed by atoms with Crippen LogP contribution in [0.5, 0.6) is 0 Å². The minimum absolute atomic E-state index is 0.578. The van der Waals surface area contributed by atoms with Crippen LogP contribution in [-0.2, 0) is 6.54 Å². The van der Waals surface area contributed by atoms with E-state index in [0.29, 0.717) is 14.9 Å². The van der Waals surface area contributed by atoms with Crippen LogP contribution in [0.15, 0.2) is 18.2 Å². The predicted octanol–water partition coefficient (Wildman–Crippen LogP) is 4.60. The maximum absolute atomic E-state index is 6.21. The van der Waals surface area contributed by atoms with Crippen LogP contribution in [0.25, 0.3) is 0 Å². The van der Waals surface area contributed by atoms with E-state index in [0.717, 1.165) is 31.1 Å². The molecule has 0 amide bonds. The molecule has 1 aromatic rings. The van der Waals surface area contributed by atoms with Gasteiger partial charge in [0.05, 0.1) is 10.0 Å². The number of likely N-dealkylation sites (tertiary alicyclic amines) is 1. The molecule has 1 nitrogen and oxygen atoms in total. The summed E-state index contributed by atoms with van der Waals surface area (Å²) in [5, 5.41) is 1.34. The lowest BCUT2D eigenvalue weighted by atomic mass is 9.98. The Morgan fingerprint density at radius 2 is 2.18 bits per heavy atom. The molecule has 1 saturated heterocycles. The van der Waals surface area contributed by atoms with Gasteiger partial charge in [-0.05, 0) is 30.5 Å². The van der Waals surface area contributed by atoms with E-state index in [1.54, 1.807) is 0 Å². The Bertz CT molecular complexity index is 397.